The molecule has 27 heavy (non-hydrogen) atoms. The van der Waals surface area contributed by atoms with Crippen molar-refractivity contribution in [2.75, 3.05) is 18.4 Å². The second-order valence-electron chi connectivity index (χ2n) is 7.45. The molecule has 3 amide bonds. The van der Waals surface area contributed by atoms with Gasteiger partial charge in [-0.2, -0.15) is 0 Å². The maximum atomic E-state index is 12.6. The molecule has 1 saturated heterocycles. The summed E-state index contributed by atoms with van der Waals surface area (Å²) in [6, 6.07) is 17.7. The van der Waals surface area contributed by atoms with Crippen molar-refractivity contribution < 1.29 is 9.59 Å². The van der Waals surface area contributed by atoms with Crippen LogP contribution in [-0.4, -0.2) is 36.0 Å². The molecule has 1 atom stereocenters. The molecule has 1 aliphatic heterocycles. The predicted molar refractivity (Wildman–Crippen MR) is 106 cm³/mol. The van der Waals surface area contributed by atoms with Crippen LogP contribution < -0.4 is 10.6 Å². The number of nitrogens with one attached hydrogen (secondary N) is 2. The minimum absolute atomic E-state index is 0.00818. The summed E-state index contributed by atoms with van der Waals surface area (Å²) in [5, 5.41) is 6.01. The van der Waals surface area contributed by atoms with Crippen molar-refractivity contribution in [3.63, 3.8) is 0 Å². The second-order valence-corrected chi connectivity index (χ2v) is 7.45. The van der Waals surface area contributed by atoms with Crippen LogP contribution in [-0.2, 0) is 0 Å². The van der Waals surface area contributed by atoms with Gasteiger partial charge in [-0.25, -0.2) is 4.79 Å². The van der Waals surface area contributed by atoms with E-state index < -0.39 is 0 Å². The fraction of sp³-hybridized carbons (Fsp3) is 0.364. The van der Waals surface area contributed by atoms with Gasteiger partial charge in [-0.15, -0.1) is 0 Å². The topological polar surface area (TPSA) is 61.4 Å². The van der Waals surface area contributed by atoms with Crippen molar-refractivity contribution in [3.05, 3.63) is 65.7 Å². The number of para-hydroxylation sites is 1. The number of carbonyl (C=O) groups excluding carboxylic acids is 2. The lowest BCUT2D eigenvalue weighted by atomic mass is 9.89. The van der Waals surface area contributed by atoms with Gasteiger partial charge < -0.3 is 15.5 Å². The Morgan fingerprint density at radius 2 is 1.78 bits per heavy atom. The molecule has 2 aliphatic rings. The number of piperidine rings is 1. The number of hydrogen-bond donors (Lipinski definition) is 2. The van der Waals surface area contributed by atoms with Crippen LogP contribution in [0.2, 0.25) is 0 Å². The summed E-state index contributed by atoms with van der Waals surface area (Å²) >= 11 is 0. The minimum atomic E-state index is -0.0615. The van der Waals surface area contributed by atoms with Crippen LogP contribution in [0, 0.1) is 0 Å². The van der Waals surface area contributed by atoms with Crippen LogP contribution in [0.15, 0.2) is 54.6 Å². The summed E-state index contributed by atoms with van der Waals surface area (Å²) in [7, 11) is 0. The lowest BCUT2D eigenvalue weighted by Gasteiger charge is -2.33. The zero-order chi connectivity index (χ0) is 18.6. The first-order valence-corrected chi connectivity index (χ1v) is 9.71. The van der Waals surface area contributed by atoms with Crippen molar-refractivity contribution >= 4 is 17.6 Å². The van der Waals surface area contributed by atoms with Crippen molar-refractivity contribution in [2.45, 2.75) is 37.6 Å². The van der Waals surface area contributed by atoms with Gasteiger partial charge in [-0.05, 0) is 55.5 Å². The summed E-state index contributed by atoms with van der Waals surface area (Å²) in [5.74, 6) is 0.266. The number of anilines is 1. The monoisotopic (exact) mass is 363 g/mol. The summed E-state index contributed by atoms with van der Waals surface area (Å²) in [6.07, 6.45) is 4.16. The third-order valence-corrected chi connectivity index (χ3v) is 5.27. The van der Waals surface area contributed by atoms with Gasteiger partial charge in [0.1, 0.15) is 0 Å². The third-order valence-electron chi connectivity index (χ3n) is 5.27. The molecule has 2 aromatic carbocycles. The standard InChI is InChI=1S/C22H25N3O2/c26-21(23-20-11-12-20)17-7-4-6-16(14-17)18-8-5-13-25(15-18)22(27)24-19-9-2-1-3-10-19/h1-4,6-7,9-10,14,18,20H,5,8,11-13,15H2,(H,23,26)(H,24,27). The molecular formula is C22H25N3O2. The second kappa shape index (κ2) is 7.82. The Bertz CT molecular complexity index is 817. The largest absolute Gasteiger partial charge is 0.349 e. The average molecular weight is 363 g/mol. The molecule has 4 rings (SSSR count). The molecule has 0 bridgehead atoms. The van der Waals surface area contributed by atoms with Crippen LogP contribution in [0.5, 0.6) is 0 Å². The lowest BCUT2D eigenvalue weighted by Crippen LogP contribution is -2.41. The maximum absolute atomic E-state index is 12.6. The minimum Gasteiger partial charge on any atom is -0.349 e. The molecular weight excluding hydrogens is 338 g/mol. The van der Waals surface area contributed by atoms with Crippen LogP contribution >= 0.6 is 0 Å². The first-order valence-electron chi connectivity index (χ1n) is 9.71. The van der Waals surface area contributed by atoms with E-state index in [9.17, 15) is 9.59 Å². The zero-order valence-electron chi connectivity index (χ0n) is 15.4. The molecule has 1 unspecified atom stereocenters. The molecule has 0 radical (unpaired) electrons. The average Bonchev–Trinajstić information content (AvgIpc) is 3.53. The molecule has 2 N–H and O–H groups in total. The van der Waals surface area contributed by atoms with Crippen LogP contribution in [0.1, 0.15) is 47.5 Å². The van der Waals surface area contributed by atoms with Crippen molar-refractivity contribution in [1.82, 2.24) is 10.2 Å². The summed E-state index contributed by atoms with van der Waals surface area (Å²) in [5.41, 5.74) is 2.66. The van der Waals surface area contributed by atoms with Gasteiger partial charge >= 0.3 is 6.03 Å². The molecule has 1 aliphatic carbocycles. The van der Waals surface area contributed by atoms with Crippen molar-refractivity contribution in [3.8, 4) is 0 Å². The van der Waals surface area contributed by atoms with Gasteiger partial charge in [0.05, 0.1) is 0 Å². The van der Waals surface area contributed by atoms with E-state index in [1.807, 2.05) is 53.4 Å². The first-order chi connectivity index (χ1) is 13.2. The van der Waals surface area contributed by atoms with Crippen molar-refractivity contribution in [1.29, 1.82) is 0 Å². The Hall–Kier alpha value is -2.82. The number of urea groups is 1. The van der Waals surface area contributed by atoms with E-state index in [0.29, 0.717) is 18.2 Å². The van der Waals surface area contributed by atoms with E-state index >= 15 is 0 Å². The molecule has 2 aromatic rings. The number of likely N-dealkylation sites (tertiary alicyclic amines) is 1. The van der Waals surface area contributed by atoms with E-state index in [2.05, 4.69) is 16.7 Å². The Morgan fingerprint density at radius 3 is 2.56 bits per heavy atom. The van der Waals surface area contributed by atoms with Gasteiger partial charge in [0.25, 0.3) is 5.91 Å². The third kappa shape index (κ3) is 4.48. The fourth-order valence-corrected chi connectivity index (χ4v) is 3.59. The van der Waals surface area contributed by atoms with E-state index in [4.69, 9.17) is 0 Å². The SMILES string of the molecule is O=C(NC1CC1)c1cccc(C2CCCN(C(=O)Nc3ccccc3)C2)c1. The molecule has 1 heterocycles. The Labute approximate surface area is 159 Å². The number of hydrogen-bond acceptors (Lipinski definition) is 2. The zero-order valence-corrected chi connectivity index (χ0v) is 15.4. The van der Waals surface area contributed by atoms with Gasteiger partial charge in [0, 0.05) is 36.3 Å². The molecule has 5 heteroatoms. The van der Waals surface area contributed by atoms with Gasteiger partial charge in [0.15, 0.2) is 0 Å². The van der Waals surface area contributed by atoms with Crippen LogP contribution in [0.3, 0.4) is 0 Å². The first kappa shape index (κ1) is 17.6. The highest BCUT2D eigenvalue weighted by Gasteiger charge is 2.26. The molecule has 5 nitrogen and oxygen atoms in total. The fourth-order valence-electron chi connectivity index (χ4n) is 3.59. The highest BCUT2D eigenvalue weighted by Crippen LogP contribution is 2.28. The highest BCUT2D eigenvalue weighted by molar-refractivity contribution is 5.94. The number of nitrogens with zero attached hydrogens (tertiary/aromatic N) is 1. The number of rotatable bonds is 4. The van der Waals surface area contributed by atoms with E-state index in [0.717, 1.165) is 43.5 Å². The molecule has 140 valence electrons. The van der Waals surface area contributed by atoms with E-state index in [1.54, 1.807) is 0 Å². The number of benzene rings is 2. The highest BCUT2D eigenvalue weighted by atomic mass is 16.2. The molecule has 0 aromatic heterocycles. The maximum Gasteiger partial charge on any atom is 0.321 e. The smallest absolute Gasteiger partial charge is 0.321 e. The van der Waals surface area contributed by atoms with Crippen LogP contribution in [0.25, 0.3) is 0 Å². The van der Waals surface area contributed by atoms with Gasteiger partial charge in [-0.3, -0.25) is 4.79 Å². The number of carbonyl (C=O) groups is 2. The van der Waals surface area contributed by atoms with E-state index in [1.165, 1.54) is 0 Å². The molecule has 1 saturated carbocycles. The van der Waals surface area contributed by atoms with Crippen LogP contribution in [0.4, 0.5) is 10.5 Å². The Morgan fingerprint density at radius 1 is 0.963 bits per heavy atom. The number of amides is 3. The lowest BCUT2D eigenvalue weighted by molar-refractivity contribution is 0.0951. The predicted octanol–water partition coefficient (Wildman–Crippen LogP) is 3.99. The molecule has 0 spiro atoms. The van der Waals surface area contributed by atoms with E-state index in [-0.39, 0.29) is 17.9 Å². The van der Waals surface area contributed by atoms with Gasteiger partial charge in [-0.1, -0.05) is 30.3 Å². The Kier molecular flexibility index (Phi) is 5.10. The molecule has 2 fully saturated rings. The summed E-state index contributed by atoms with van der Waals surface area (Å²) in [4.78, 5) is 26.8. The van der Waals surface area contributed by atoms with Crippen molar-refractivity contribution in [2.24, 2.45) is 0 Å². The normalized spacial score (nSPS) is 19.4. The summed E-state index contributed by atoms with van der Waals surface area (Å²) in [6.45, 7) is 1.43. The Balaban J connectivity index is 1.41. The summed E-state index contributed by atoms with van der Waals surface area (Å²) < 4.78 is 0. The quantitative estimate of drug-likeness (QED) is 0.863. The van der Waals surface area contributed by atoms with Gasteiger partial charge in [0.2, 0.25) is 0 Å².